The Labute approximate surface area is 197 Å². The van der Waals surface area contributed by atoms with Crippen LogP contribution in [-0.2, 0) is 29.2 Å². The summed E-state index contributed by atoms with van der Waals surface area (Å²) in [5.41, 5.74) is 1.43. The molecular formula is C23H18F2N4O5S. The molecular weight excluding hydrogens is 482 g/mol. The Balaban J connectivity index is 1.91. The van der Waals surface area contributed by atoms with E-state index in [1.165, 1.54) is 21.6 Å². The lowest BCUT2D eigenvalue weighted by Gasteiger charge is -2.26. The van der Waals surface area contributed by atoms with Gasteiger partial charge in [0.05, 0.1) is 29.7 Å². The van der Waals surface area contributed by atoms with E-state index in [1.54, 1.807) is 19.4 Å². The Morgan fingerprint density at radius 2 is 1.97 bits per heavy atom. The predicted octanol–water partition coefficient (Wildman–Crippen LogP) is 3.10. The van der Waals surface area contributed by atoms with Gasteiger partial charge in [0, 0.05) is 48.3 Å². The van der Waals surface area contributed by atoms with Crippen LogP contribution in [0.2, 0.25) is 0 Å². The molecule has 0 aliphatic carbocycles. The molecule has 0 saturated heterocycles. The van der Waals surface area contributed by atoms with E-state index in [1.807, 2.05) is 0 Å². The van der Waals surface area contributed by atoms with Crippen LogP contribution in [0.15, 0.2) is 41.6 Å². The average molecular weight is 500 g/mol. The van der Waals surface area contributed by atoms with E-state index in [-0.39, 0.29) is 40.3 Å². The number of hydrogen-bond acceptors (Lipinski definition) is 6. The van der Waals surface area contributed by atoms with Gasteiger partial charge in [0.2, 0.25) is 0 Å². The minimum Gasteiger partial charge on any atom is -0.478 e. The van der Waals surface area contributed by atoms with Gasteiger partial charge in [-0.1, -0.05) is 0 Å². The molecule has 0 bridgehead atoms. The number of pyridine rings is 2. The zero-order valence-electron chi connectivity index (χ0n) is 18.5. The first-order chi connectivity index (χ1) is 16.4. The lowest BCUT2D eigenvalue weighted by molar-refractivity contribution is 0.0696. The summed E-state index contributed by atoms with van der Waals surface area (Å²) in [6.07, 6.45) is 4.98. The van der Waals surface area contributed by atoms with Gasteiger partial charge in [-0.15, -0.1) is 0 Å². The van der Waals surface area contributed by atoms with Crippen molar-refractivity contribution in [2.45, 2.75) is 12.3 Å². The summed E-state index contributed by atoms with van der Waals surface area (Å²) in [4.78, 5) is 33.1. The highest BCUT2D eigenvalue weighted by atomic mass is 32.2. The number of H-pyrrole nitrogens is 1. The molecule has 2 N–H and O–H groups in total. The summed E-state index contributed by atoms with van der Waals surface area (Å²) in [5, 5.41) is 10.4. The summed E-state index contributed by atoms with van der Waals surface area (Å²) in [6.45, 7) is -0.0206. The van der Waals surface area contributed by atoms with Gasteiger partial charge in [0.1, 0.15) is 11.3 Å². The Bertz CT molecular complexity index is 1730. The van der Waals surface area contributed by atoms with Crippen molar-refractivity contribution >= 4 is 38.2 Å². The first kappa shape index (κ1) is 22.7. The molecule has 3 aromatic heterocycles. The van der Waals surface area contributed by atoms with Crippen molar-refractivity contribution in [3.8, 4) is 11.1 Å². The van der Waals surface area contributed by atoms with E-state index < -0.39 is 33.2 Å². The number of sulfone groups is 1. The van der Waals surface area contributed by atoms with E-state index in [9.17, 15) is 31.9 Å². The van der Waals surface area contributed by atoms with Crippen LogP contribution in [0.1, 0.15) is 21.5 Å². The largest absolute Gasteiger partial charge is 0.478 e. The van der Waals surface area contributed by atoms with Crippen molar-refractivity contribution in [3.63, 3.8) is 0 Å². The molecule has 35 heavy (non-hydrogen) atoms. The van der Waals surface area contributed by atoms with Gasteiger partial charge in [-0.3, -0.25) is 4.79 Å². The highest BCUT2D eigenvalue weighted by molar-refractivity contribution is 7.89. The van der Waals surface area contributed by atoms with Crippen molar-refractivity contribution < 1.29 is 27.1 Å². The topological polar surface area (TPSA) is 125 Å². The van der Waals surface area contributed by atoms with Crippen molar-refractivity contribution in [2.24, 2.45) is 7.05 Å². The van der Waals surface area contributed by atoms with Gasteiger partial charge in [-0.2, -0.15) is 0 Å². The molecule has 12 heteroatoms. The molecule has 0 spiro atoms. The third-order valence-electron chi connectivity index (χ3n) is 5.91. The van der Waals surface area contributed by atoms with Gasteiger partial charge in [-0.25, -0.2) is 27.0 Å². The van der Waals surface area contributed by atoms with Crippen LogP contribution in [0.4, 0.5) is 20.3 Å². The van der Waals surface area contributed by atoms with Crippen molar-refractivity contribution in [1.29, 1.82) is 0 Å². The zero-order valence-corrected chi connectivity index (χ0v) is 19.3. The smallest absolute Gasteiger partial charge is 0.336 e. The number of benzene rings is 1. The molecule has 0 radical (unpaired) electrons. The van der Waals surface area contributed by atoms with Crippen LogP contribution in [0.5, 0.6) is 0 Å². The van der Waals surface area contributed by atoms with Crippen LogP contribution in [0, 0.1) is 11.6 Å². The van der Waals surface area contributed by atoms with E-state index in [2.05, 4.69) is 9.97 Å². The van der Waals surface area contributed by atoms with E-state index >= 15 is 0 Å². The van der Waals surface area contributed by atoms with Crippen LogP contribution < -0.4 is 10.5 Å². The SMILES string of the molecule is Cn1cc2c3c(c[nH]c3c1=O)CN(c1ncc(F)cc1F)c1cc(C(=O)O)c(CS(C)(=O)=O)cc1-2. The van der Waals surface area contributed by atoms with E-state index in [0.29, 0.717) is 28.1 Å². The summed E-state index contributed by atoms with van der Waals surface area (Å²) in [6, 6.07) is 3.35. The number of rotatable bonds is 4. The maximum absolute atomic E-state index is 14.9. The second kappa shape index (κ2) is 7.73. The number of carboxylic acids is 1. The second-order valence-electron chi connectivity index (χ2n) is 8.47. The molecule has 0 saturated carbocycles. The molecule has 4 aromatic rings. The molecule has 1 aliphatic heterocycles. The summed E-state index contributed by atoms with van der Waals surface area (Å²) in [5.74, 6) is -4.02. The summed E-state index contributed by atoms with van der Waals surface area (Å²) in [7, 11) is -2.07. The number of halogens is 2. The molecule has 9 nitrogen and oxygen atoms in total. The van der Waals surface area contributed by atoms with Gasteiger partial charge >= 0.3 is 5.97 Å². The second-order valence-corrected chi connectivity index (χ2v) is 10.6. The molecule has 0 amide bonds. The molecule has 1 aromatic carbocycles. The Morgan fingerprint density at radius 3 is 2.63 bits per heavy atom. The molecule has 0 fully saturated rings. The number of anilines is 2. The van der Waals surface area contributed by atoms with Gasteiger partial charge < -0.3 is 19.6 Å². The van der Waals surface area contributed by atoms with Crippen LogP contribution >= 0.6 is 0 Å². The number of aromatic nitrogens is 3. The number of carboxylic acid groups (broad SMARTS) is 1. The van der Waals surface area contributed by atoms with Crippen molar-refractivity contribution in [2.75, 3.05) is 11.2 Å². The maximum Gasteiger partial charge on any atom is 0.336 e. The normalized spacial score (nSPS) is 13.1. The van der Waals surface area contributed by atoms with Gasteiger partial charge in [0.25, 0.3) is 5.56 Å². The predicted molar refractivity (Wildman–Crippen MR) is 124 cm³/mol. The molecule has 4 heterocycles. The fourth-order valence-corrected chi connectivity index (χ4v) is 5.29. The molecule has 0 atom stereocenters. The maximum atomic E-state index is 14.9. The highest BCUT2D eigenvalue weighted by Gasteiger charge is 2.30. The number of aryl methyl sites for hydroxylation is 1. The monoisotopic (exact) mass is 500 g/mol. The number of carbonyl (C=O) groups is 1. The summed E-state index contributed by atoms with van der Waals surface area (Å²) >= 11 is 0. The first-order valence-corrected chi connectivity index (χ1v) is 12.4. The fraction of sp³-hybridized carbons (Fsp3) is 0.174. The molecule has 1 aliphatic rings. The van der Waals surface area contributed by atoms with Gasteiger partial charge in [-0.05, 0) is 23.3 Å². The Hall–Kier alpha value is -4.06. The van der Waals surface area contributed by atoms with E-state index in [4.69, 9.17) is 0 Å². The first-order valence-electron chi connectivity index (χ1n) is 10.3. The number of fused-ring (bicyclic) bond motifs is 2. The highest BCUT2D eigenvalue weighted by Crippen LogP contribution is 2.44. The number of aromatic carboxylic acids is 1. The average Bonchev–Trinajstić information content (AvgIpc) is 3.12. The van der Waals surface area contributed by atoms with Gasteiger partial charge in [0.15, 0.2) is 21.5 Å². The van der Waals surface area contributed by atoms with E-state index in [0.717, 1.165) is 12.5 Å². The van der Waals surface area contributed by atoms with Crippen molar-refractivity contribution in [3.05, 3.63) is 75.5 Å². The third kappa shape index (κ3) is 3.75. The third-order valence-corrected chi connectivity index (χ3v) is 6.75. The van der Waals surface area contributed by atoms with Crippen molar-refractivity contribution in [1.82, 2.24) is 14.5 Å². The number of aromatic amines is 1. The molecule has 0 unspecified atom stereocenters. The minimum absolute atomic E-state index is 0.0206. The zero-order chi connectivity index (χ0) is 25.2. The Kier molecular flexibility index (Phi) is 5.02. The van der Waals surface area contributed by atoms with Crippen LogP contribution in [0.25, 0.3) is 22.0 Å². The lowest BCUT2D eigenvalue weighted by Crippen LogP contribution is -2.20. The number of nitrogens with one attached hydrogen (secondary N) is 1. The molecule has 5 rings (SSSR count). The number of nitrogens with zero attached hydrogens (tertiary/aromatic N) is 3. The molecule has 180 valence electrons. The van der Waals surface area contributed by atoms with Crippen LogP contribution in [-0.4, -0.2) is 40.3 Å². The number of hydrogen-bond donors (Lipinski definition) is 2. The minimum atomic E-state index is -3.61. The Morgan fingerprint density at radius 1 is 1.23 bits per heavy atom. The standard InChI is InChI=1S/C23H18F2N4O5S/c1-28-9-16-15-3-11(10-35(2,33)34)14(23(31)32)5-18(15)29(21-17(25)4-13(24)7-27-21)8-12-6-26-20(19(12)16)22(28)30/h3-7,9,26H,8,10H2,1-2H3,(H,31,32). The quantitative estimate of drug-likeness (QED) is 0.441. The van der Waals surface area contributed by atoms with Crippen LogP contribution in [0.3, 0.4) is 0 Å². The summed E-state index contributed by atoms with van der Waals surface area (Å²) < 4.78 is 54.0. The fourth-order valence-electron chi connectivity index (χ4n) is 4.49. The lowest BCUT2D eigenvalue weighted by atomic mass is 9.96.